The van der Waals surface area contributed by atoms with Crippen LogP contribution in [-0.4, -0.2) is 49.0 Å². The van der Waals surface area contributed by atoms with E-state index < -0.39 is 40.7 Å². The number of hydrogen-bond donors (Lipinski definition) is 4. The topological polar surface area (TPSA) is 119 Å². The summed E-state index contributed by atoms with van der Waals surface area (Å²) in [6.45, 7) is -0.450. The van der Waals surface area contributed by atoms with Crippen molar-refractivity contribution >= 4 is 22.9 Å². The van der Waals surface area contributed by atoms with Crippen LogP contribution in [0.3, 0.4) is 0 Å². The van der Waals surface area contributed by atoms with Gasteiger partial charge in [-0.15, -0.1) is 12.6 Å². The number of nitrogens with two attached hydrogens (primary N) is 1. The number of hydrogen-bond acceptors (Lipinski definition) is 7. The Kier molecular flexibility index (Phi) is 3.75. The summed E-state index contributed by atoms with van der Waals surface area (Å²) in [6, 6.07) is 0. The van der Waals surface area contributed by atoms with Gasteiger partial charge in [0.05, 0.1) is 6.61 Å². The van der Waals surface area contributed by atoms with Gasteiger partial charge in [0, 0.05) is 0 Å². The second-order valence-corrected chi connectivity index (χ2v) is 4.55. The third-order valence-corrected chi connectivity index (χ3v) is 2.63. The quantitative estimate of drug-likeness (QED) is 0.411. The van der Waals surface area contributed by atoms with Crippen molar-refractivity contribution in [3.8, 4) is 0 Å². The van der Waals surface area contributed by atoms with Crippen molar-refractivity contribution in [2.24, 2.45) is 5.14 Å². The molecule has 9 heteroatoms. The van der Waals surface area contributed by atoms with Crippen LogP contribution in [0.25, 0.3) is 0 Å². The van der Waals surface area contributed by atoms with E-state index in [1.807, 2.05) is 0 Å². The number of aliphatic hydroxyl groups excluding tert-OH is 2. The molecule has 14 heavy (non-hydrogen) atoms. The van der Waals surface area contributed by atoms with E-state index >= 15 is 0 Å². The SMILES string of the molecule is NS(=O)(=O)OCC1OC(S)C(O)C1O. The molecule has 0 spiro atoms. The summed E-state index contributed by atoms with van der Waals surface area (Å²) in [7, 11) is -4.07. The molecule has 1 rings (SSSR count). The Morgan fingerprint density at radius 2 is 2.00 bits per heavy atom. The largest absolute Gasteiger partial charge is 0.387 e. The van der Waals surface area contributed by atoms with Gasteiger partial charge in [0.15, 0.2) is 0 Å². The van der Waals surface area contributed by atoms with E-state index in [0.717, 1.165) is 0 Å². The van der Waals surface area contributed by atoms with Gasteiger partial charge in [-0.3, -0.25) is 4.18 Å². The Morgan fingerprint density at radius 3 is 2.36 bits per heavy atom. The Hall–Kier alpha value is 0.1000. The van der Waals surface area contributed by atoms with E-state index in [0.29, 0.717) is 0 Å². The highest BCUT2D eigenvalue weighted by Crippen LogP contribution is 2.23. The maximum Gasteiger partial charge on any atom is 0.333 e. The molecule has 7 nitrogen and oxygen atoms in total. The van der Waals surface area contributed by atoms with Crippen LogP contribution in [0, 0.1) is 0 Å². The van der Waals surface area contributed by atoms with E-state index in [4.69, 9.17) is 4.74 Å². The third-order valence-electron chi connectivity index (χ3n) is 1.73. The molecule has 0 radical (unpaired) electrons. The average molecular weight is 245 g/mol. The second-order valence-electron chi connectivity index (χ2n) is 2.82. The van der Waals surface area contributed by atoms with E-state index in [1.54, 1.807) is 0 Å². The predicted octanol–water partition coefficient (Wildman–Crippen LogP) is -2.42. The van der Waals surface area contributed by atoms with E-state index in [2.05, 4.69) is 22.0 Å². The molecule has 0 amide bonds. The van der Waals surface area contributed by atoms with Crippen LogP contribution in [0.1, 0.15) is 0 Å². The first-order valence-corrected chi connectivity index (χ1v) is 5.67. The van der Waals surface area contributed by atoms with Crippen molar-refractivity contribution in [3.05, 3.63) is 0 Å². The standard InChI is InChI=1S/C5H11NO6S2/c6-14(9,10)11-1-2-3(7)4(8)5(13)12-2/h2-5,7-8,13H,1H2,(H2,6,9,10). The zero-order valence-electron chi connectivity index (χ0n) is 6.98. The normalized spacial score (nSPS) is 38.9. The van der Waals surface area contributed by atoms with Gasteiger partial charge in [-0.1, -0.05) is 0 Å². The summed E-state index contributed by atoms with van der Waals surface area (Å²) in [6.07, 6.45) is -3.36. The van der Waals surface area contributed by atoms with Gasteiger partial charge in [-0.2, -0.15) is 8.42 Å². The molecule has 4 unspecified atom stereocenters. The molecule has 0 saturated carbocycles. The molecule has 0 aromatic rings. The minimum Gasteiger partial charge on any atom is -0.387 e. The van der Waals surface area contributed by atoms with Crippen LogP contribution in [-0.2, 0) is 19.2 Å². The van der Waals surface area contributed by atoms with E-state index in [-0.39, 0.29) is 0 Å². The molecule has 1 fully saturated rings. The Labute approximate surface area is 86.5 Å². The summed E-state index contributed by atoms with van der Waals surface area (Å²) in [5, 5.41) is 23.0. The molecule has 1 saturated heterocycles. The van der Waals surface area contributed by atoms with Crippen molar-refractivity contribution in [1.29, 1.82) is 0 Å². The molecule has 0 bridgehead atoms. The fourth-order valence-electron chi connectivity index (χ4n) is 1.03. The van der Waals surface area contributed by atoms with Crippen LogP contribution in [0.15, 0.2) is 0 Å². The molecule has 0 aromatic heterocycles. The van der Waals surface area contributed by atoms with Crippen molar-refractivity contribution in [3.63, 3.8) is 0 Å². The fraction of sp³-hybridized carbons (Fsp3) is 1.00. The lowest BCUT2D eigenvalue weighted by Gasteiger charge is -2.12. The highest BCUT2D eigenvalue weighted by atomic mass is 32.2. The highest BCUT2D eigenvalue weighted by molar-refractivity contribution is 7.84. The third kappa shape index (κ3) is 3.05. The summed E-state index contributed by atoms with van der Waals surface area (Å²) in [5.74, 6) is 0. The summed E-state index contributed by atoms with van der Waals surface area (Å²) < 4.78 is 29.9. The number of aliphatic hydroxyl groups is 2. The van der Waals surface area contributed by atoms with Crippen molar-refractivity contribution in [1.82, 2.24) is 0 Å². The minimum absolute atomic E-state index is 0.450. The Morgan fingerprint density at radius 1 is 1.43 bits per heavy atom. The zero-order chi connectivity index (χ0) is 10.9. The van der Waals surface area contributed by atoms with Gasteiger partial charge >= 0.3 is 10.3 Å². The number of rotatable bonds is 3. The monoisotopic (exact) mass is 245 g/mol. The zero-order valence-corrected chi connectivity index (χ0v) is 8.69. The number of thiol groups is 1. The summed E-state index contributed by atoms with van der Waals surface area (Å²) in [5.41, 5.74) is -0.862. The van der Waals surface area contributed by atoms with Crippen molar-refractivity contribution < 1.29 is 27.6 Å². The molecule has 0 aromatic carbocycles. The van der Waals surface area contributed by atoms with Gasteiger partial charge in [-0.25, -0.2) is 5.14 Å². The Balaban J connectivity index is 2.48. The van der Waals surface area contributed by atoms with E-state index in [1.165, 1.54) is 0 Å². The van der Waals surface area contributed by atoms with E-state index in [9.17, 15) is 18.6 Å². The average Bonchev–Trinajstić information content (AvgIpc) is 2.28. The van der Waals surface area contributed by atoms with Gasteiger partial charge < -0.3 is 14.9 Å². The molecule has 4 N–H and O–H groups in total. The van der Waals surface area contributed by atoms with Crippen LogP contribution in [0.2, 0.25) is 0 Å². The molecular weight excluding hydrogens is 234 g/mol. The van der Waals surface area contributed by atoms with Gasteiger partial charge in [0.1, 0.15) is 23.7 Å². The number of ether oxygens (including phenoxy) is 1. The molecule has 1 aliphatic heterocycles. The molecule has 0 aliphatic carbocycles. The van der Waals surface area contributed by atoms with Crippen LogP contribution >= 0.6 is 12.6 Å². The van der Waals surface area contributed by atoms with Crippen LogP contribution < -0.4 is 5.14 Å². The Bertz CT molecular complexity index is 293. The summed E-state index contributed by atoms with van der Waals surface area (Å²) >= 11 is 3.80. The first-order valence-electron chi connectivity index (χ1n) is 3.68. The maximum absolute atomic E-state index is 10.4. The first kappa shape index (κ1) is 12.2. The fourth-order valence-corrected chi connectivity index (χ4v) is 1.68. The maximum atomic E-state index is 10.4. The molecule has 84 valence electrons. The predicted molar refractivity (Wildman–Crippen MR) is 48.7 cm³/mol. The lowest BCUT2D eigenvalue weighted by atomic mass is 10.2. The second kappa shape index (κ2) is 4.31. The van der Waals surface area contributed by atoms with Gasteiger partial charge in [-0.05, 0) is 0 Å². The molecule has 4 atom stereocenters. The minimum atomic E-state index is -4.07. The lowest BCUT2D eigenvalue weighted by molar-refractivity contribution is -0.000554. The van der Waals surface area contributed by atoms with Crippen LogP contribution in [0.4, 0.5) is 0 Å². The van der Waals surface area contributed by atoms with Crippen molar-refractivity contribution in [2.75, 3.05) is 6.61 Å². The van der Waals surface area contributed by atoms with Gasteiger partial charge in [0.25, 0.3) is 0 Å². The van der Waals surface area contributed by atoms with Gasteiger partial charge in [0.2, 0.25) is 0 Å². The molecule has 1 aliphatic rings. The molecular formula is C5H11NO6S2. The van der Waals surface area contributed by atoms with Crippen LogP contribution in [0.5, 0.6) is 0 Å². The first-order chi connectivity index (χ1) is 6.31. The highest BCUT2D eigenvalue weighted by Gasteiger charge is 2.41. The summed E-state index contributed by atoms with van der Waals surface area (Å²) in [4.78, 5) is 0. The van der Waals surface area contributed by atoms with Crippen molar-refractivity contribution in [2.45, 2.75) is 23.7 Å². The lowest BCUT2D eigenvalue weighted by Crippen LogP contribution is -2.35. The molecule has 1 heterocycles. The smallest absolute Gasteiger partial charge is 0.333 e.